The molecule has 2 aromatic heterocycles. The van der Waals surface area contributed by atoms with E-state index in [0.29, 0.717) is 28.3 Å². The number of benzene rings is 7. The zero-order chi connectivity index (χ0) is 53.7. The van der Waals surface area contributed by atoms with Crippen molar-refractivity contribution in [3.05, 3.63) is 191 Å². The van der Waals surface area contributed by atoms with Crippen LogP contribution in [0.4, 0.5) is 31.5 Å². The Hall–Kier alpha value is -6.78. The van der Waals surface area contributed by atoms with E-state index in [0.717, 1.165) is 73.0 Å². The van der Waals surface area contributed by atoms with Gasteiger partial charge in [-0.1, -0.05) is 175 Å². The van der Waals surface area contributed by atoms with Crippen LogP contribution >= 0.6 is 0 Å². The molecule has 1 aliphatic rings. The number of rotatable bonds is 7. The average molecular weight is 1190 g/mol. The first-order valence-corrected chi connectivity index (χ1v) is 26.1. The number of para-hydroxylation sites is 3. The van der Waals surface area contributed by atoms with Crippen LogP contribution in [0.5, 0.6) is 11.5 Å². The van der Waals surface area contributed by atoms with Crippen LogP contribution in [-0.4, -0.2) is 15.6 Å². The van der Waals surface area contributed by atoms with E-state index >= 15 is 8.78 Å². The Labute approximate surface area is 462 Å². The van der Waals surface area contributed by atoms with Gasteiger partial charge in [0.2, 0.25) is 5.69 Å². The molecule has 8 heteroatoms. The molecule has 0 spiro atoms. The Kier molecular flexibility index (Phi) is 13.8. The van der Waals surface area contributed by atoms with Crippen LogP contribution in [0.1, 0.15) is 132 Å². The Bertz CT molecular complexity index is 3790. The van der Waals surface area contributed by atoms with Crippen molar-refractivity contribution < 1.29 is 34.6 Å². The topological polar surface area (TPSA) is 33.1 Å². The molecule has 0 radical (unpaired) electrons. The molecule has 1 aliphatic heterocycles. The second-order valence-corrected chi connectivity index (χ2v) is 25.4. The number of halogens is 2. The number of hydrogen-bond acceptors (Lipinski definition) is 2. The summed E-state index contributed by atoms with van der Waals surface area (Å²) in [6.45, 7) is 33.2. The zero-order valence-electron chi connectivity index (χ0n) is 46.5. The Balaban J connectivity index is 0.00000706. The maximum atomic E-state index is 15.6. The summed E-state index contributed by atoms with van der Waals surface area (Å²) in [5.41, 5.74) is 12.7. The van der Waals surface area contributed by atoms with E-state index in [-0.39, 0.29) is 48.1 Å². The predicted molar refractivity (Wildman–Crippen MR) is 308 cm³/mol. The number of pyridine rings is 1. The van der Waals surface area contributed by atoms with Crippen LogP contribution in [0.3, 0.4) is 0 Å². The molecule has 76 heavy (non-hydrogen) atoms. The summed E-state index contributed by atoms with van der Waals surface area (Å²) in [5, 5.41) is 2.14. The van der Waals surface area contributed by atoms with Crippen molar-refractivity contribution in [2.75, 3.05) is 0 Å². The molecule has 0 unspecified atom stereocenters. The van der Waals surface area contributed by atoms with Gasteiger partial charge in [-0.15, -0.1) is 29.1 Å². The predicted octanol–water partition coefficient (Wildman–Crippen LogP) is 18.5. The molecule has 0 fully saturated rings. The first kappa shape index (κ1) is 54.0. The summed E-state index contributed by atoms with van der Waals surface area (Å²) < 4.78 is 44.3. The van der Waals surface area contributed by atoms with Crippen LogP contribution in [0.2, 0.25) is 0 Å². The summed E-state index contributed by atoms with van der Waals surface area (Å²) in [5.74, 6) is 0.565. The van der Waals surface area contributed by atoms with Crippen molar-refractivity contribution in [1.29, 1.82) is 0 Å². The summed E-state index contributed by atoms with van der Waals surface area (Å²) in [4.78, 5) is 4.89. The number of nitrogens with zero attached hydrogens (tertiary/aromatic N) is 4. The Morgan fingerprint density at radius 2 is 1.01 bits per heavy atom. The molecule has 0 saturated carbocycles. The largest absolute Gasteiger partial charge is 2.00 e. The monoisotopic (exact) mass is 1190 g/mol. The van der Waals surface area contributed by atoms with E-state index in [1.54, 1.807) is 0 Å². The van der Waals surface area contributed by atoms with E-state index in [9.17, 15) is 0 Å². The van der Waals surface area contributed by atoms with Gasteiger partial charge < -0.3 is 9.30 Å². The molecule has 10 rings (SSSR count). The molecule has 388 valence electrons. The van der Waals surface area contributed by atoms with Gasteiger partial charge in [0.1, 0.15) is 23.1 Å². The van der Waals surface area contributed by atoms with Crippen molar-refractivity contribution in [3.63, 3.8) is 0 Å². The minimum absolute atomic E-state index is 0. The van der Waals surface area contributed by atoms with Crippen molar-refractivity contribution in [1.82, 2.24) is 18.7 Å². The molecule has 0 amide bonds. The Morgan fingerprint density at radius 3 is 1.61 bits per heavy atom. The standard InChI is InChI=1S/C68H68F2N4O.Pt/c1-64(2,3)44-26-27-71-62(37-44)74-58-21-17-16-20-54(58)55-25-24-52(40-61(55)74)75-53-34-47(67(10,11)12)33-51(39-53)72-41-73(60-23-19-18-22-59(60)72)63-56(42-28-45(65(4,5)6)32-46(29-42)66(7,8)9)35-48(68(13,14)15)36-57(63)43-30-49(69)38-50(70)31-43;/h16-38H,1-15H3;/q;+2. The van der Waals surface area contributed by atoms with Crippen LogP contribution in [0, 0.1) is 23.8 Å². The van der Waals surface area contributed by atoms with Gasteiger partial charge >= 0.3 is 27.1 Å². The van der Waals surface area contributed by atoms with Crippen LogP contribution in [-0.2, 0) is 48.1 Å². The van der Waals surface area contributed by atoms with Gasteiger partial charge in [-0.3, -0.25) is 0 Å². The molecule has 0 N–H and O–H groups in total. The van der Waals surface area contributed by atoms with Crippen molar-refractivity contribution in [2.45, 2.75) is 131 Å². The number of ether oxygens (including phenoxy) is 1. The summed E-state index contributed by atoms with van der Waals surface area (Å²) in [7, 11) is 0. The third-order valence-corrected chi connectivity index (χ3v) is 14.5. The molecule has 0 aliphatic carbocycles. The molecular formula is C68H68F2N4OPt+2. The fourth-order valence-corrected chi connectivity index (χ4v) is 9.95. The molecule has 0 atom stereocenters. The molecular weight excluding hydrogens is 1120 g/mol. The maximum Gasteiger partial charge on any atom is 2.00 e. The van der Waals surface area contributed by atoms with Gasteiger partial charge in [-0.2, -0.15) is 6.07 Å². The second kappa shape index (κ2) is 19.3. The average Bonchev–Trinajstić information content (AvgIpc) is 3.89. The van der Waals surface area contributed by atoms with E-state index in [1.165, 1.54) is 28.8 Å². The van der Waals surface area contributed by atoms with Gasteiger partial charge in [0.05, 0.1) is 11.1 Å². The van der Waals surface area contributed by atoms with Gasteiger partial charge in [-0.25, -0.2) is 13.8 Å². The van der Waals surface area contributed by atoms with Gasteiger partial charge in [-0.05, 0) is 113 Å². The molecule has 3 heterocycles. The summed E-state index contributed by atoms with van der Waals surface area (Å²) in [6, 6.07) is 55.3. The number of aromatic nitrogens is 2. The van der Waals surface area contributed by atoms with E-state index in [4.69, 9.17) is 9.72 Å². The van der Waals surface area contributed by atoms with Crippen LogP contribution in [0.15, 0.2) is 140 Å². The van der Waals surface area contributed by atoms with Gasteiger partial charge in [0.15, 0.2) is 0 Å². The SMILES string of the molecule is CC(C)(C)c1cc(Oc2[c-]c3c(cc2)c2ccccc2n3-c2cc(C(C)(C)C)ccn2)[c-]c([N+]2=C=[N+](c3c(-c4cc(F)cc(F)c4)cc(C(C)(C)C)cc3-c3cc(C(C)(C)C)cc(C(C)(C)C)c3)c3ccccc32)c1.[Pt+2]. The molecule has 9 aromatic rings. The van der Waals surface area contributed by atoms with Crippen molar-refractivity contribution in [2.24, 2.45) is 0 Å². The first-order valence-electron chi connectivity index (χ1n) is 26.1. The van der Waals surface area contributed by atoms with Crippen molar-refractivity contribution >= 4 is 50.6 Å². The number of fused-ring (bicyclic) bond motifs is 4. The fourth-order valence-electron chi connectivity index (χ4n) is 9.95. The Morgan fingerprint density at radius 1 is 0.487 bits per heavy atom. The first-order chi connectivity index (χ1) is 35.1. The number of hydrogen-bond donors (Lipinski definition) is 0. The van der Waals surface area contributed by atoms with E-state index in [1.807, 2.05) is 29.0 Å². The fraction of sp³-hybridized carbons (Fsp3) is 0.294. The minimum atomic E-state index is -0.648. The van der Waals surface area contributed by atoms with E-state index < -0.39 is 11.6 Å². The summed E-state index contributed by atoms with van der Waals surface area (Å²) >= 11 is 0. The maximum absolute atomic E-state index is 15.6. The summed E-state index contributed by atoms with van der Waals surface area (Å²) in [6.07, 6.45) is 1.88. The normalized spacial score (nSPS) is 13.2. The van der Waals surface area contributed by atoms with Crippen LogP contribution < -0.4 is 13.9 Å². The van der Waals surface area contributed by atoms with E-state index in [2.05, 4.69) is 228 Å². The molecule has 0 saturated heterocycles. The smallest absolute Gasteiger partial charge is 0.509 e. The third-order valence-electron chi connectivity index (χ3n) is 14.5. The second-order valence-electron chi connectivity index (χ2n) is 25.4. The van der Waals surface area contributed by atoms with Crippen molar-refractivity contribution in [3.8, 4) is 39.6 Å². The van der Waals surface area contributed by atoms with Gasteiger partial charge in [0.25, 0.3) is 11.4 Å². The quantitative estimate of drug-likeness (QED) is 0.118. The zero-order valence-corrected chi connectivity index (χ0v) is 48.8. The molecule has 0 bridgehead atoms. The third kappa shape index (κ3) is 10.4. The van der Waals surface area contributed by atoms with Crippen LogP contribution in [0.25, 0.3) is 49.9 Å². The molecule has 5 nitrogen and oxygen atoms in total. The minimum Gasteiger partial charge on any atom is -0.509 e. The molecule has 7 aromatic carbocycles. The van der Waals surface area contributed by atoms with Gasteiger partial charge in [0, 0.05) is 41.4 Å².